The molecular formula is C8H14N4. The molecule has 2 rings (SSSR count). The first-order valence-electron chi connectivity index (χ1n) is 4.45. The van der Waals surface area contributed by atoms with Crippen molar-refractivity contribution in [2.24, 2.45) is 11.8 Å². The maximum Gasteiger partial charge on any atom is 0.165 e. The van der Waals surface area contributed by atoms with Crippen LogP contribution in [0.4, 0.5) is 5.82 Å². The summed E-state index contributed by atoms with van der Waals surface area (Å²) in [6, 6.07) is 0. The predicted octanol–water partition coefficient (Wildman–Crippen LogP) is 0.906. The maximum atomic E-state index is 5.45. The molecule has 1 aromatic heterocycles. The van der Waals surface area contributed by atoms with Gasteiger partial charge in [-0.25, -0.2) is 0 Å². The van der Waals surface area contributed by atoms with Crippen LogP contribution >= 0.6 is 0 Å². The van der Waals surface area contributed by atoms with Gasteiger partial charge in [0.25, 0.3) is 0 Å². The summed E-state index contributed by atoms with van der Waals surface area (Å²) in [5.41, 5.74) is 5.45. The van der Waals surface area contributed by atoms with Crippen LogP contribution in [0.1, 0.15) is 19.8 Å². The number of anilines is 1. The van der Waals surface area contributed by atoms with E-state index in [4.69, 9.17) is 5.73 Å². The zero-order chi connectivity index (χ0) is 8.55. The molecule has 0 aliphatic heterocycles. The second kappa shape index (κ2) is 2.77. The molecule has 2 atom stereocenters. The van der Waals surface area contributed by atoms with Gasteiger partial charge in [-0.3, -0.25) is 0 Å². The smallest absolute Gasteiger partial charge is 0.165 e. The highest BCUT2D eigenvalue weighted by atomic mass is 15.5. The van der Waals surface area contributed by atoms with E-state index in [0.717, 1.165) is 18.4 Å². The van der Waals surface area contributed by atoms with E-state index in [1.807, 2.05) is 0 Å². The number of nitrogen functional groups attached to an aromatic ring is 1. The van der Waals surface area contributed by atoms with Gasteiger partial charge in [0.2, 0.25) is 0 Å². The zero-order valence-corrected chi connectivity index (χ0v) is 7.27. The normalized spacial score (nSPS) is 27.4. The first-order valence-corrected chi connectivity index (χ1v) is 4.45. The molecule has 2 unspecified atom stereocenters. The highest BCUT2D eigenvalue weighted by Gasteiger charge is 2.35. The lowest BCUT2D eigenvalue weighted by atomic mass is 10.2. The van der Waals surface area contributed by atoms with Crippen LogP contribution in [0.3, 0.4) is 0 Å². The quantitative estimate of drug-likeness (QED) is 0.726. The van der Waals surface area contributed by atoms with E-state index in [-0.39, 0.29) is 0 Å². The second-order valence-corrected chi connectivity index (χ2v) is 3.49. The Hall–Kier alpha value is -1.06. The van der Waals surface area contributed by atoms with Crippen molar-refractivity contribution < 1.29 is 0 Å². The minimum atomic E-state index is 0.517. The monoisotopic (exact) mass is 166 g/mol. The van der Waals surface area contributed by atoms with Gasteiger partial charge < -0.3 is 5.73 Å². The number of hydrogen-bond donors (Lipinski definition) is 1. The van der Waals surface area contributed by atoms with E-state index in [0.29, 0.717) is 5.82 Å². The Balaban J connectivity index is 1.89. The van der Waals surface area contributed by atoms with Gasteiger partial charge in [-0.2, -0.15) is 9.90 Å². The highest BCUT2D eigenvalue weighted by molar-refractivity contribution is 5.19. The van der Waals surface area contributed by atoms with E-state index >= 15 is 0 Å². The van der Waals surface area contributed by atoms with Crippen molar-refractivity contribution in [2.45, 2.75) is 26.3 Å². The number of hydrogen-bond acceptors (Lipinski definition) is 3. The van der Waals surface area contributed by atoms with Crippen LogP contribution < -0.4 is 5.73 Å². The fourth-order valence-corrected chi connectivity index (χ4v) is 1.64. The molecule has 0 saturated heterocycles. The van der Waals surface area contributed by atoms with Gasteiger partial charge in [-0.15, -0.1) is 5.10 Å². The van der Waals surface area contributed by atoms with Crippen molar-refractivity contribution in [1.82, 2.24) is 15.0 Å². The van der Waals surface area contributed by atoms with Gasteiger partial charge in [0.05, 0.1) is 12.7 Å². The van der Waals surface area contributed by atoms with Crippen molar-refractivity contribution in [3.8, 4) is 0 Å². The molecule has 2 N–H and O–H groups in total. The molecule has 66 valence electrons. The summed E-state index contributed by atoms with van der Waals surface area (Å²) in [6.07, 6.45) is 4.21. The fourth-order valence-electron chi connectivity index (χ4n) is 1.64. The van der Waals surface area contributed by atoms with Crippen LogP contribution in [0.25, 0.3) is 0 Å². The maximum absolute atomic E-state index is 5.45. The third kappa shape index (κ3) is 1.42. The summed E-state index contributed by atoms with van der Waals surface area (Å²) in [6.45, 7) is 3.17. The van der Waals surface area contributed by atoms with Gasteiger partial charge in [-0.05, 0) is 18.3 Å². The molecule has 0 amide bonds. The average molecular weight is 166 g/mol. The van der Waals surface area contributed by atoms with E-state index in [2.05, 4.69) is 17.1 Å². The molecule has 4 heteroatoms. The van der Waals surface area contributed by atoms with Crippen LogP contribution in [0.2, 0.25) is 0 Å². The molecule has 1 fully saturated rings. The van der Waals surface area contributed by atoms with Crippen LogP contribution in [0.5, 0.6) is 0 Å². The first-order chi connectivity index (χ1) is 5.79. The predicted molar refractivity (Wildman–Crippen MR) is 46.3 cm³/mol. The van der Waals surface area contributed by atoms with E-state index in [1.165, 1.54) is 12.8 Å². The second-order valence-electron chi connectivity index (χ2n) is 3.49. The minimum absolute atomic E-state index is 0.517. The Labute approximate surface area is 71.8 Å². The number of nitrogens with zero attached hydrogens (tertiary/aromatic N) is 3. The van der Waals surface area contributed by atoms with Gasteiger partial charge in [-0.1, -0.05) is 13.3 Å². The highest BCUT2D eigenvalue weighted by Crippen LogP contribution is 2.41. The summed E-state index contributed by atoms with van der Waals surface area (Å²) >= 11 is 0. The first kappa shape index (κ1) is 7.58. The summed E-state index contributed by atoms with van der Waals surface area (Å²) < 4.78 is 0. The van der Waals surface area contributed by atoms with Crippen LogP contribution in [0, 0.1) is 11.8 Å². The van der Waals surface area contributed by atoms with Crippen LogP contribution in [-0.4, -0.2) is 15.0 Å². The molecule has 0 aromatic carbocycles. The Morgan fingerprint density at radius 2 is 2.50 bits per heavy atom. The summed E-state index contributed by atoms with van der Waals surface area (Å²) in [4.78, 5) is 1.70. The topological polar surface area (TPSA) is 56.7 Å². The standard InChI is InChI=1S/C8H14N4/c1-2-6-3-7(6)5-12-10-4-8(9)11-12/h4,6-7H,2-3,5H2,1H3,(H2,9,11). The lowest BCUT2D eigenvalue weighted by Gasteiger charge is -1.96. The molecule has 1 aliphatic rings. The molecule has 1 aromatic rings. The van der Waals surface area contributed by atoms with Gasteiger partial charge in [0, 0.05) is 0 Å². The van der Waals surface area contributed by atoms with E-state index in [9.17, 15) is 0 Å². The molecule has 1 saturated carbocycles. The Morgan fingerprint density at radius 1 is 1.67 bits per heavy atom. The summed E-state index contributed by atoms with van der Waals surface area (Å²) in [5.74, 6) is 2.21. The van der Waals surface area contributed by atoms with E-state index < -0.39 is 0 Å². The number of nitrogens with two attached hydrogens (primary N) is 1. The third-order valence-corrected chi connectivity index (χ3v) is 2.55. The Kier molecular flexibility index (Phi) is 1.75. The molecule has 0 spiro atoms. The molecule has 1 heterocycles. The van der Waals surface area contributed by atoms with Crippen molar-refractivity contribution >= 4 is 5.82 Å². The van der Waals surface area contributed by atoms with Crippen molar-refractivity contribution in [3.63, 3.8) is 0 Å². The summed E-state index contributed by atoms with van der Waals surface area (Å²) in [7, 11) is 0. The third-order valence-electron chi connectivity index (χ3n) is 2.55. The van der Waals surface area contributed by atoms with Crippen molar-refractivity contribution in [1.29, 1.82) is 0 Å². The number of aromatic nitrogens is 3. The Morgan fingerprint density at radius 3 is 3.00 bits per heavy atom. The largest absolute Gasteiger partial charge is 0.381 e. The average Bonchev–Trinajstić information content (AvgIpc) is 2.67. The SMILES string of the molecule is CCC1CC1Cn1ncc(N)n1. The zero-order valence-electron chi connectivity index (χ0n) is 7.27. The Bertz CT molecular complexity index is 268. The van der Waals surface area contributed by atoms with E-state index in [1.54, 1.807) is 11.0 Å². The van der Waals surface area contributed by atoms with Crippen LogP contribution in [-0.2, 0) is 6.54 Å². The summed E-state index contributed by atoms with van der Waals surface area (Å²) in [5, 5.41) is 8.09. The minimum Gasteiger partial charge on any atom is -0.381 e. The molecule has 12 heavy (non-hydrogen) atoms. The lowest BCUT2D eigenvalue weighted by Crippen LogP contribution is -2.05. The van der Waals surface area contributed by atoms with Gasteiger partial charge in [0.1, 0.15) is 0 Å². The molecule has 0 radical (unpaired) electrons. The molecular weight excluding hydrogens is 152 g/mol. The van der Waals surface area contributed by atoms with Crippen LogP contribution in [0.15, 0.2) is 6.20 Å². The van der Waals surface area contributed by atoms with Gasteiger partial charge >= 0.3 is 0 Å². The number of rotatable bonds is 3. The lowest BCUT2D eigenvalue weighted by molar-refractivity contribution is 0.474. The fraction of sp³-hybridized carbons (Fsp3) is 0.750. The molecule has 4 nitrogen and oxygen atoms in total. The van der Waals surface area contributed by atoms with Gasteiger partial charge in [0.15, 0.2) is 5.82 Å². The molecule has 1 aliphatic carbocycles. The van der Waals surface area contributed by atoms with Crippen molar-refractivity contribution in [3.05, 3.63) is 6.20 Å². The van der Waals surface area contributed by atoms with Crippen molar-refractivity contribution in [2.75, 3.05) is 5.73 Å². The molecule has 0 bridgehead atoms.